The minimum absolute atomic E-state index is 0.306. The highest BCUT2D eigenvalue weighted by molar-refractivity contribution is 6.23. The molecule has 0 N–H and O–H groups in total. The molecule has 1 aliphatic rings. The fourth-order valence-corrected chi connectivity index (χ4v) is 10.4. The highest BCUT2D eigenvalue weighted by Crippen LogP contribution is 2.40. The fourth-order valence-electron chi connectivity index (χ4n) is 10.4. The van der Waals surface area contributed by atoms with Crippen molar-refractivity contribution in [2.75, 3.05) is 0 Å². The first-order valence-electron chi connectivity index (χ1n) is 22.5. The summed E-state index contributed by atoms with van der Waals surface area (Å²) in [4.78, 5) is 10.3. The van der Waals surface area contributed by atoms with E-state index in [2.05, 4.69) is 229 Å². The Hall–Kier alpha value is -8.40. The van der Waals surface area contributed by atoms with E-state index >= 15 is 0 Å². The summed E-state index contributed by atoms with van der Waals surface area (Å²) in [5.41, 5.74) is 17.4. The largest absolute Gasteiger partial charge is 0.310 e. The fraction of sp³-hybridized carbons (Fsp3) is 0.0323. The number of fused-ring (bicyclic) bond motifs is 10. The third-order valence-electron chi connectivity index (χ3n) is 13.6. The first-order chi connectivity index (χ1) is 32.2. The molecule has 0 radical (unpaired) electrons. The van der Waals surface area contributed by atoms with Gasteiger partial charge in [-0.25, -0.2) is 4.98 Å². The molecule has 0 bridgehead atoms. The van der Waals surface area contributed by atoms with Gasteiger partial charge in [0.15, 0.2) is 0 Å². The summed E-state index contributed by atoms with van der Waals surface area (Å²) in [5.74, 6) is 0.306. The smallest absolute Gasteiger partial charge is 0.0979 e. The summed E-state index contributed by atoms with van der Waals surface area (Å²) in [5, 5.41) is 8.52. The minimum atomic E-state index is 0.306. The average Bonchev–Trinajstić information content (AvgIpc) is 3.72. The number of hydrogen-bond donors (Lipinski definition) is 0. The van der Waals surface area contributed by atoms with E-state index in [9.17, 15) is 0 Å². The van der Waals surface area contributed by atoms with Crippen LogP contribution in [0.15, 0.2) is 225 Å². The Morgan fingerprint density at radius 2 is 1.00 bits per heavy atom. The van der Waals surface area contributed by atoms with Gasteiger partial charge in [-0.3, -0.25) is 4.98 Å². The van der Waals surface area contributed by atoms with Crippen molar-refractivity contribution in [3.63, 3.8) is 0 Å². The predicted molar refractivity (Wildman–Crippen MR) is 273 cm³/mol. The zero-order valence-corrected chi connectivity index (χ0v) is 35.6. The minimum Gasteiger partial charge on any atom is -0.310 e. The molecule has 0 amide bonds. The molecular formula is C62H41N3. The van der Waals surface area contributed by atoms with Crippen molar-refractivity contribution in [3.05, 3.63) is 241 Å². The van der Waals surface area contributed by atoms with E-state index in [1.807, 2.05) is 6.20 Å². The topological polar surface area (TPSA) is 30.7 Å². The zero-order valence-electron chi connectivity index (χ0n) is 35.6. The standard InChI is InChI=1S/C62H41N3/c1-2-18-50-42(12-1)13-11-24-51(50)43-28-26-40(27-29-43)47-32-35-60-57(38-47)54-21-7-8-25-59(54)65(60)49-33-30-41(31-34-49)44-14-9-15-45(36-44)46-16-10-17-48(37-46)58-39-63-61-55-22-5-3-19-52(55)53-20-4-6-23-56(53)62(61)64-58/h1-37,39,47H,38H2. The second-order valence-electron chi connectivity index (χ2n) is 17.3. The van der Waals surface area contributed by atoms with E-state index in [4.69, 9.17) is 9.97 Å². The van der Waals surface area contributed by atoms with Gasteiger partial charge in [-0.05, 0) is 109 Å². The summed E-state index contributed by atoms with van der Waals surface area (Å²) < 4.78 is 2.44. The Bertz CT molecular complexity index is 3810. The molecule has 1 atom stereocenters. The van der Waals surface area contributed by atoms with Gasteiger partial charge in [0, 0.05) is 39.0 Å². The Balaban J connectivity index is 0.791. The third-order valence-corrected chi connectivity index (χ3v) is 13.6. The Morgan fingerprint density at radius 3 is 1.75 bits per heavy atom. The molecule has 2 aromatic heterocycles. The van der Waals surface area contributed by atoms with Crippen LogP contribution in [0.1, 0.15) is 22.7 Å². The van der Waals surface area contributed by atoms with Gasteiger partial charge in [0.05, 0.1) is 28.4 Å². The van der Waals surface area contributed by atoms with Crippen molar-refractivity contribution in [2.45, 2.75) is 12.3 Å². The molecule has 12 aromatic rings. The molecule has 3 nitrogen and oxygen atoms in total. The lowest BCUT2D eigenvalue weighted by atomic mass is 9.86. The van der Waals surface area contributed by atoms with Crippen molar-refractivity contribution in [2.24, 2.45) is 0 Å². The van der Waals surface area contributed by atoms with Gasteiger partial charge in [-0.15, -0.1) is 0 Å². The molecule has 0 saturated carbocycles. The van der Waals surface area contributed by atoms with E-state index in [0.717, 1.165) is 56.3 Å². The number of para-hydroxylation sites is 1. The van der Waals surface area contributed by atoms with Gasteiger partial charge >= 0.3 is 0 Å². The van der Waals surface area contributed by atoms with Crippen molar-refractivity contribution in [1.29, 1.82) is 0 Å². The van der Waals surface area contributed by atoms with Crippen LogP contribution in [-0.2, 0) is 6.42 Å². The summed E-state index contributed by atoms with van der Waals surface area (Å²) in [7, 11) is 0. The SMILES string of the molecule is C1=CC(c2ccc(-c3cccc4ccccc34)cc2)Cc2c1n(-c1ccc(-c3cccc(-c4cccc(-c5cnc6c7ccccc7c7ccccc7c6n5)c4)c3)cc1)c1ccccc21. The van der Waals surface area contributed by atoms with Crippen LogP contribution in [0.4, 0.5) is 0 Å². The Kier molecular flexibility index (Phi) is 8.67. The highest BCUT2D eigenvalue weighted by atomic mass is 15.0. The lowest BCUT2D eigenvalue weighted by Crippen LogP contribution is -2.07. The van der Waals surface area contributed by atoms with Crippen LogP contribution in [0, 0.1) is 0 Å². The van der Waals surface area contributed by atoms with Gasteiger partial charge in [-0.2, -0.15) is 0 Å². The molecule has 0 aliphatic heterocycles. The van der Waals surface area contributed by atoms with Crippen LogP contribution in [0.2, 0.25) is 0 Å². The van der Waals surface area contributed by atoms with Crippen LogP contribution in [0.3, 0.4) is 0 Å². The molecule has 65 heavy (non-hydrogen) atoms. The van der Waals surface area contributed by atoms with Crippen LogP contribution < -0.4 is 0 Å². The maximum atomic E-state index is 5.27. The van der Waals surface area contributed by atoms with Crippen LogP contribution in [-0.4, -0.2) is 14.5 Å². The van der Waals surface area contributed by atoms with E-state index in [0.29, 0.717) is 5.92 Å². The van der Waals surface area contributed by atoms with Crippen molar-refractivity contribution < 1.29 is 0 Å². The summed E-state index contributed by atoms with van der Waals surface area (Å²) in [6.07, 6.45) is 7.63. The van der Waals surface area contributed by atoms with Gasteiger partial charge in [-0.1, -0.05) is 188 Å². The lowest BCUT2D eigenvalue weighted by molar-refractivity contribution is 0.825. The number of aromatic nitrogens is 3. The number of nitrogens with zero attached hydrogens (tertiary/aromatic N) is 3. The second-order valence-corrected chi connectivity index (χ2v) is 17.3. The summed E-state index contributed by atoms with van der Waals surface area (Å²) in [6.45, 7) is 0. The normalized spacial score (nSPS) is 13.6. The van der Waals surface area contributed by atoms with E-state index < -0.39 is 0 Å². The van der Waals surface area contributed by atoms with Gasteiger partial charge in [0.25, 0.3) is 0 Å². The molecule has 1 aliphatic carbocycles. The van der Waals surface area contributed by atoms with Crippen LogP contribution in [0.5, 0.6) is 0 Å². The average molecular weight is 828 g/mol. The van der Waals surface area contributed by atoms with Gasteiger partial charge < -0.3 is 4.57 Å². The number of hydrogen-bond acceptors (Lipinski definition) is 2. The Labute approximate surface area is 377 Å². The Morgan fingerprint density at radius 1 is 0.431 bits per heavy atom. The molecule has 1 unspecified atom stereocenters. The lowest BCUT2D eigenvalue weighted by Gasteiger charge is -2.20. The second kappa shape index (κ2) is 15.1. The maximum Gasteiger partial charge on any atom is 0.0979 e. The molecule has 3 heteroatoms. The summed E-state index contributed by atoms with van der Waals surface area (Å²) >= 11 is 0. The third kappa shape index (κ3) is 6.27. The molecule has 0 saturated heterocycles. The summed E-state index contributed by atoms with van der Waals surface area (Å²) in [6, 6.07) is 76.9. The monoisotopic (exact) mass is 827 g/mol. The molecule has 0 fully saturated rings. The molecule has 13 rings (SSSR count). The highest BCUT2D eigenvalue weighted by Gasteiger charge is 2.24. The number of rotatable bonds is 6. The van der Waals surface area contributed by atoms with E-state index in [1.165, 1.54) is 71.5 Å². The quantitative estimate of drug-likeness (QED) is 0.156. The molecule has 10 aromatic carbocycles. The van der Waals surface area contributed by atoms with E-state index in [-0.39, 0.29) is 0 Å². The number of benzene rings is 10. The van der Waals surface area contributed by atoms with Crippen molar-refractivity contribution in [3.8, 4) is 50.3 Å². The first-order valence-corrected chi connectivity index (χ1v) is 22.5. The maximum absolute atomic E-state index is 5.27. The molecule has 304 valence electrons. The van der Waals surface area contributed by atoms with Gasteiger partial charge in [0.2, 0.25) is 0 Å². The zero-order chi connectivity index (χ0) is 42.8. The molecule has 0 spiro atoms. The first kappa shape index (κ1) is 37.2. The van der Waals surface area contributed by atoms with E-state index in [1.54, 1.807) is 0 Å². The van der Waals surface area contributed by atoms with Crippen molar-refractivity contribution >= 4 is 60.3 Å². The molecular weight excluding hydrogens is 787 g/mol. The van der Waals surface area contributed by atoms with Gasteiger partial charge in [0.1, 0.15) is 0 Å². The van der Waals surface area contributed by atoms with Crippen LogP contribution in [0.25, 0.3) is 111 Å². The van der Waals surface area contributed by atoms with Crippen LogP contribution >= 0.6 is 0 Å². The number of allylic oxidation sites excluding steroid dienone is 1. The van der Waals surface area contributed by atoms with Crippen molar-refractivity contribution in [1.82, 2.24) is 14.5 Å². The predicted octanol–water partition coefficient (Wildman–Crippen LogP) is 16.1. The molecule has 2 heterocycles.